The molecule has 0 aliphatic carbocycles. The summed E-state index contributed by atoms with van der Waals surface area (Å²) < 4.78 is 0. The fraction of sp³-hybridized carbons (Fsp3) is 0.962. The molecule has 0 heterocycles. The topological polar surface area (TPSA) is 104 Å². The standard InChI is InChI=1S/C26H53NO4/c1-3-5-7-9-10-11-12-13-14-15-16-17-19-20-22(28)24(26(27)31)25(30)23(29)21-18-8-6-4-2/h22-24,26,28-29,31H,3-21,27H2,1-2H3/t22-,23-,24-,26?/m1/s1. The van der Waals surface area contributed by atoms with Crippen molar-refractivity contribution in [1.29, 1.82) is 0 Å². The van der Waals surface area contributed by atoms with Gasteiger partial charge in [0.05, 0.1) is 12.0 Å². The summed E-state index contributed by atoms with van der Waals surface area (Å²) in [4.78, 5) is 12.5. The molecule has 0 aliphatic rings. The first-order valence-electron chi connectivity index (χ1n) is 13.3. The Hall–Kier alpha value is -0.490. The normalized spacial score (nSPS) is 15.5. The smallest absolute Gasteiger partial charge is 0.170 e. The number of carbonyl (C=O) groups is 1. The molecular weight excluding hydrogens is 390 g/mol. The highest BCUT2D eigenvalue weighted by Crippen LogP contribution is 2.20. The lowest BCUT2D eigenvalue weighted by atomic mass is 9.87. The van der Waals surface area contributed by atoms with E-state index in [1.807, 2.05) is 0 Å². The molecule has 0 bridgehead atoms. The van der Waals surface area contributed by atoms with Crippen molar-refractivity contribution in [1.82, 2.24) is 0 Å². The molecule has 0 aromatic heterocycles. The van der Waals surface area contributed by atoms with Gasteiger partial charge in [-0.2, -0.15) is 0 Å². The van der Waals surface area contributed by atoms with E-state index in [0.29, 0.717) is 12.8 Å². The molecule has 0 amide bonds. The predicted octanol–water partition coefficient (Wildman–Crippen LogP) is 5.62. The van der Waals surface area contributed by atoms with Gasteiger partial charge in [0.1, 0.15) is 12.3 Å². The Bertz CT molecular complexity index is 403. The van der Waals surface area contributed by atoms with Crippen molar-refractivity contribution >= 4 is 5.78 Å². The molecule has 5 nitrogen and oxygen atoms in total. The quantitative estimate of drug-likeness (QED) is 0.121. The van der Waals surface area contributed by atoms with Crippen LogP contribution in [0, 0.1) is 5.92 Å². The van der Waals surface area contributed by atoms with Crippen LogP contribution >= 0.6 is 0 Å². The maximum Gasteiger partial charge on any atom is 0.170 e. The van der Waals surface area contributed by atoms with Gasteiger partial charge in [0, 0.05) is 0 Å². The second-order valence-corrected chi connectivity index (χ2v) is 9.38. The van der Waals surface area contributed by atoms with E-state index < -0.39 is 30.1 Å². The molecule has 1 unspecified atom stereocenters. The van der Waals surface area contributed by atoms with Crippen LogP contribution in [0.25, 0.3) is 0 Å². The van der Waals surface area contributed by atoms with Crippen molar-refractivity contribution < 1.29 is 20.1 Å². The summed E-state index contributed by atoms with van der Waals surface area (Å²) in [6, 6.07) is 0. The van der Waals surface area contributed by atoms with E-state index in [1.54, 1.807) is 0 Å². The molecule has 0 aliphatic heterocycles. The fourth-order valence-corrected chi connectivity index (χ4v) is 4.27. The molecule has 0 radical (unpaired) electrons. The summed E-state index contributed by atoms with van der Waals surface area (Å²) in [6.45, 7) is 4.36. The third kappa shape index (κ3) is 16.8. The minimum atomic E-state index is -1.44. The Morgan fingerprint density at radius 2 is 0.968 bits per heavy atom. The van der Waals surface area contributed by atoms with Crippen LogP contribution in [0.15, 0.2) is 0 Å². The number of hydrogen-bond acceptors (Lipinski definition) is 5. The van der Waals surface area contributed by atoms with Gasteiger partial charge in [0.2, 0.25) is 0 Å². The molecule has 0 spiro atoms. The van der Waals surface area contributed by atoms with Crippen LogP contribution in [0.3, 0.4) is 0 Å². The molecule has 5 N–H and O–H groups in total. The molecule has 186 valence electrons. The van der Waals surface area contributed by atoms with Gasteiger partial charge in [-0.25, -0.2) is 0 Å². The summed E-state index contributed by atoms with van der Waals surface area (Å²) in [5.74, 6) is -1.62. The molecule has 4 atom stereocenters. The summed E-state index contributed by atoms with van der Waals surface area (Å²) in [7, 11) is 0. The van der Waals surface area contributed by atoms with Crippen molar-refractivity contribution in [2.75, 3.05) is 0 Å². The van der Waals surface area contributed by atoms with Gasteiger partial charge in [0.25, 0.3) is 0 Å². The Morgan fingerprint density at radius 3 is 1.39 bits per heavy atom. The Labute approximate surface area is 192 Å². The second kappa shape index (κ2) is 21.4. The van der Waals surface area contributed by atoms with Crippen LogP contribution in [0.5, 0.6) is 0 Å². The molecule has 0 saturated heterocycles. The first-order chi connectivity index (χ1) is 15.0. The van der Waals surface area contributed by atoms with Gasteiger partial charge in [0.15, 0.2) is 5.78 Å². The average Bonchev–Trinajstić information content (AvgIpc) is 2.74. The van der Waals surface area contributed by atoms with Crippen molar-refractivity contribution in [2.24, 2.45) is 11.7 Å². The monoisotopic (exact) mass is 443 g/mol. The fourth-order valence-electron chi connectivity index (χ4n) is 4.27. The van der Waals surface area contributed by atoms with Gasteiger partial charge in [-0.1, -0.05) is 123 Å². The number of unbranched alkanes of at least 4 members (excludes halogenated alkanes) is 15. The lowest BCUT2D eigenvalue weighted by Crippen LogP contribution is -2.47. The highest BCUT2D eigenvalue weighted by atomic mass is 16.3. The second-order valence-electron chi connectivity index (χ2n) is 9.38. The molecular formula is C26H53NO4. The van der Waals surface area contributed by atoms with Crippen molar-refractivity contribution in [3.8, 4) is 0 Å². The Morgan fingerprint density at radius 1 is 0.613 bits per heavy atom. The number of nitrogens with two attached hydrogens (primary N) is 1. The molecule has 0 aromatic rings. The van der Waals surface area contributed by atoms with E-state index in [0.717, 1.165) is 44.9 Å². The van der Waals surface area contributed by atoms with Crippen LogP contribution in [-0.2, 0) is 4.79 Å². The molecule has 0 aromatic carbocycles. The van der Waals surface area contributed by atoms with Crippen LogP contribution in [0.1, 0.15) is 136 Å². The van der Waals surface area contributed by atoms with Crippen LogP contribution in [0.2, 0.25) is 0 Å². The highest BCUT2D eigenvalue weighted by Gasteiger charge is 2.34. The lowest BCUT2D eigenvalue weighted by Gasteiger charge is -2.26. The van der Waals surface area contributed by atoms with E-state index in [4.69, 9.17) is 5.73 Å². The zero-order valence-corrected chi connectivity index (χ0v) is 20.6. The van der Waals surface area contributed by atoms with Gasteiger partial charge in [-0.3, -0.25) is 4.79 Å². The van der Waals surface area contributed by atoms with Crippen molar-refractivity contribution in [3.05, 3.63) is 0 Å². The van der Waals surface area contributed by atoms with Crippen molar-refractivity contribution in [3.63, 3.8) is 0 Å². The van der Waals surface area contributed by atoms with Crippen LogP contribution in [-0.4, -0.2) is 39.5 Å². The van der Waals surface area contributed by atoms with Gasteiger partial charge in [-0.05, 0) is 12.8 Å². The number of ketones is 1. The van der Waals surface area contributed by atoms with Gasteiger partial charge >= 0.3 is 0 Å². The average molecular weight is 444 g/mol. The largest absolute Gasteiger partial charge is 0.392 e. The molecule has 0 fully saturated rings. The lowest BCUT2D eigenvalue weighted by molar-refractivity contribution is -0.140. The third-order valence-electron chi connectivity index (χ3n) is 6.37. The third-order valence-corrected chi connectivity index (χ3v) is 6.37. The zero-order valence-electron chi connectivity index (χ0n) is 20.6. The van der Waals surface area contributed by atoms with Crippen LogP contribution in [0.4, 0.5) is 0 Å². The number of aliphatic hydroxyl groups is 3. The first-order valence-corrected chi connectivity index (χ1v) is 13.3. The maximum atomic E-state index is 12.5. The molecule has 0 saturated carbocycles. The summed E-state index contributed by atoms with van der Waals surface area (Å²) in [5, 5.41) is 30.4. The van der Waals surface area contributed by atoms with Gasteiger partial charge in [-0.15, -0.1) is 0 Å². The minimum Gasteiger partial charge on any atom is -0.392 e. The van der Waals surface area contributed by atoms with Crippen molar-refractivity contribution in [2.45, 2.75) is 154 Å². The van der Waals surface area contributed by atoms with E-state index in [-0.39, 0.29) is 0 Å². The van der Waals surface area contributed by atoms with E-state index in [2.05, 4.69) is 13.8 Å². The minimum absolute atomic E-state index is 0.369. The number of carbonyl (C=O) groups excluding carboxylic acids is 1. The zero-order chi connectivity index (χ0) is 23.3. The summed E-state index contributed by atoms with van der Waals surface area (Å²) >= 11 is 0. The molecule has 31 heavy (non-hydrogen) atoms. The number of Topliss-reactive ketones (excluding diaryl/α,β-unsaturated/α-hetero) is 1. The Balaban J connectivity index is 3.88. The predicted molar refractivity (Wildman–Crippen MR) is 130 cm³/mol. The summed E-state index contributed by atoms with van der Waals surface area (Å²) in [6.07, 6.45) is 17.4. The van der Waals surface area contributed by atoms with E-state index in [9.17, 15) is 20.1 Å². The first kappa shape index (κ1) is 30.5. The van der Waals surface area contributed by atoms with Gasteiger partial charge < -0.3 is 21.1 Å². The van der Waals surface area contributed by atoms with Crippen LogP contribution < -0.4 is 5.73 Å². The maximum absolute atomic E-state index is 12.5. The Kier molecular flexibility index (Phi) is 21.0. The van der Waals surface area contributed by atoms with E-state index in [1.165, 1.54) is 64.2 Å². The highest BCUT2D eigenvalue weighted by molar-refractivity contribution is 5.86. The number of aliphatic hydroxyl groups excluding tert-OH is 3. The molecule has 0 rings (SSSR count). The summed E-state index contributed by atoms with van der Waals surface area (Å²) in [5.41, 5.74) is 5.56. The molecule has 5 heteroatoms. The number of hydrogen-bond donors (Lipinski definition) is 4. The van der Waals surface area contributed by atoms with E-state index >= 15 is 0 Å². The number of rotatable bonds is 23. The SMILES string of the molecule is CCCCCCCCCCCCCCC[C@@H](O)[C@H](C(=O)[C@H](O)CCCCCC)C(N)O.